The van der Waals surface area contributed by atoms with Crippen LogP contribution in [-0.2, 0) is 21.7 Å². The van der Waals surface area contributed by atoms with Crippen LogP contribution in [0.2, 0.25) is 0 Å². The highest BCUT2D eigenvalue weighted by atomic mass is 15.1. The molecule has 0 atom stereocenters. The molecule has 2 aromatic heterocycles. The second-order valence-electron chi connectivity index (χ2n) is 32.4. The van der Waals surface area contributed by atoms with Crippen LogP contribution in [0.25, 0.3) is 111 Å². The summed E-state index contributed by atoms with van der Waals surface area (Å²) in [6.07, 6.45) is 0. The largest absolute Gasteiger partial charge is 0.310 e. The minimum Gasteiger partial charge on any atom is -0.310 e. The lowest BCUT2D eigenvalue weighted by atomic mass is 9.81. The van der Waals surface area contributed by atoms with Crippen LogP contribution < -0.4 is 9.80 Å². The molecule has 0 N–H and O–H groups in total. The summed E-state index contributed by atoms with van der Waals surface area (Å²) in [7, 11) is 0. The second-order valence-corrected chi connectivity index (χ2v) is 32.4. The van der Waals surface area contributed by atoms with Gasteiger partial charge in [-0.15, -0.1) is 0 Å². The van der Waals surface area contributed by atoms with Crippen molar-refractivity contribution < 1.29 is 0 Å². The number of fused-ring (bicyclic) bond motifs is 16. The molecule has 0 radical (unpaired) electrons. The standard InChI is InChI=1S/C56H44N2.C50H40N2/c1-55(2)49-21-13-11-19-45(49)46-33-32-44(36-51(46)55)57(42-28-23-38(24-29-42)37-15-7-5-8-16-37)43-30-25-39(26-31-43)40-27-34-52-48(35-40)53-54(58(52)41-17-9-6-10-18-41)47-20-12-14-22-50(47)56(53,3)4;1-49(2)43-21-13-11-19-39(43)40-29-28-38(32-45(40)49)51(35-15-7-5-8-16-35)37-26-23-33(24-27-37)34-25-30-46-42(31-34)47-48(52(46)36-17-9-6-10-18-36)41-20-12-14-22-44(41)50(47,3)4/h5-36H,1-4H3;5-32H,1-4H3. The lowest BCUT2D eigenvalue weighted by molar-refractivity contribution is 0.660. The van der Waals surface area contributed by atoms with E-state index in [1.54, 1.807) is 0 Å². The molecule has 4 heteroatoms. The molecule has 0 saturated carbocycles. The second kappa shape index (κ2) is 25.3. The van der Waals surface area contributed by atoms with Gasteiger partial charge in [0.2, 0.25) is 0 Å². The van der Waals surface area contributed by atoms with Crippen LogP contribution in [0, 0.1) is 0 Å². The molecule has 4 aliphatic rings. The summed E-state index contributed by atoms with van der Waals surface area (Å²) in [5, 5.41) is 2.62. The number of aromatic nitrogens is 2. The van der Waals surface area contributed by atoms with Gasteiger partial charge in [-0.25, -0.2) is 0 Å². The Morgan fingerprint density at radius 2 is 0.473 bits per heavy atom. The van der Waals surface area contributed by atoms with Gasteiger partial charge < -0.3 is 18.9 Å². The van der Waals surface area contributed by atoms with E-state index in [-0.39, 0.29) is 21.7 Å². The first kappa shape index (κ1) is 66.4. The average Bonchev–Trinajstić information content (AvgIpc) is 1.54. The maximum absolute atomic E-state index is 2.47. The molecule has 4 aliphatic carbocycles. The summed E-state index contributed by atoms with van der Waals surface area (Å²) in [6.45, 7) is 18.9. The monoisotopic (exact) mass is 1410 g/mol. The summed E-state index contributed by atoms with van der Waals surface area (Å²) in [4.78, 5) is 4.80. The molecule has 0 aliphatic heterocycles. The zero-order valence-electron chi connectivity index (χ0n) is 63.4. The molecule has 0 fully saturated rings. The maximum atomic E-state index is 2.47. The zero-order chi connectivity index (χ0) is 74.4. The number of hydrogen-bond donors (Lipinski definition) is 0. The van der Waals surface area contributed by atoms with Gasteiger partial charge in [0.1, 0.15) is 0 Å². The van der Waals surface area contributed by atoms with Gasteiger partial charge in [0.15, 0.2) is 0 Å². The van der Waals surface area contributed by atoms with Crippen molar-refractivity contribution in [3.63, 3.8) is 0 Å². The van der Waals surface area contributed by atoms with Crippen LogP contribution in [-0.4, -0.2) is 9.13 Å². The molecule has 0 saturated heterocycles. The summed E-state index contributed by atoms with van der Waals surface area (Å²) >= 11 is 0. The smallest absolute Gasteiger partial charge is 0.0584 e. The van der Waals surface area contributed by atoms with Crippen molar-refractivity contribution in [2.24, 2.45) is 0 Å². The molecule has 21 rings (SSSR count). The van der Waals surface area contributed by atoms with Crippen LogP contribution in [0.1, 0.15) is 99.9 Å². The number of anilines is 6. The summed E-state index contributed by atoms with van der Waals surface area (Å²) in [6, 6.07) is 134. The van der Waals surface area contributed by atoms with Crippen molar-refractivity contribution in [1.29, 1.82) is 0 Å². The number of benzene rings is 15. The third-order valence-corrected chi connectivity index (χ3v) is 24.7. The van der Waals surface area contributed by atoms with Crippen molar-refractivity contribution in [3.05, 3.63) is 408 Å². The first-order chi connectivity index (χ1) is 53.6. The van der Waals surface area contributed by atoms with Gasteiger partial charge in [0.05, 0.1) is 22.4 Å². The van der Waals surface area contributed by atoms with Crippen molar-refractivity contribution in [2.75, 3.05) is 9.80 Å². The van der Waals surface area contributed by atoms with Crippen LogP contribution in [0.4, 0.5) is 34.1 Å². The van der Waals surface area contributed by atoms with Gasteiger partial charge >= 0.3 is 0 Å². The fourth-order valence-electron chi connectivity index (χ4n) is 19.3. The van der Waals surface area contributed by atoms with Crippen molar-refractivity contribution in [3.8, 4) is 89.5 Å². The third kappa shape index (κ3) is 10.3. The zero-order valence-corrected chi connectivity index (χ0v) is 63.4. The van der Waals surface area contributed by atoms with Gasteiger partial charge in [-0.3, -0.25) is 0 Å². The number of para-hydroxylation sites is 3. The van der Waals surface area contributed by atoms with E-state index in [4.69, 9.17) is 0 Å². The number of hydrogen-bond acceptors (Lipinski definition) is 2. The highest BCUT2D eigenvalue weighted by Crippen LogP contribution is 2.58. The molecule has 17 aromatic rings. The lowest BCUT2D eigenvalue weighted by Crippen LogP contribution is -2.16. The van der Waals surface area contributed by atoms with E-state index in [0.717, 1.165) is 28.4 Å². The van der Waals surface area contributed by atoms with Gasteiger partial charge in [0, 0.05) is 89.1 Å². The summed E-state index contributed by atoms with van der Waals surface area (Å²) in [5.74, 6) is 0. The van der Waals surface area contributed by atoms with Crippen molar-refractivity contribution >= 4 is 55.9 Å². The van der Waals surface area contributed by atoms with E-state index in [9.17, 15) is 0 Å². The van der Waals surface area contributed by atoms with E-state index >= 15 is 0 Å². The van der Waals surface area contributed by atoms with Crippen LogP contribution >= 0.6 is 0 Å². The predicted octanol–water partition coefficient (Wildman–Crippen LogP) is 28.4. The Morgan fingerprint density at radius 1 is 0.200 bits per heavy atom. The fraction of sp³-hybridized carbons (Fsp3) is 0.113. The molecule has 110 heavy (non-hydrogen) atoms. The lowest BCUT2D eigenvalue weighted by Gasteiger charge is -2.28. The van der Waals surface area contributed by atoms with Gasteiger partial charge in [-0.2, -0.15) is 0 Å². The van der Waals surface area contributed by atoms with Gasteiger partial charge in [-0.05, 0) is 221 Å². The van der Waals surface area contributed by atoms with Crippen molar-refractivity contribution in [1.82, 2.24) is 9.13 Å². The van der Waals surface area contributed by atoms with Crippen LogP contribution in [0.15, 0.2) is 364 Å². The predicted molar refractivity (Wildman–Crippen MR) is 462 cm³/mol. The Hall–Kier alpha value is -13.0. The SMILES string of the molecule is CC1(C)c2ccccc2-c2ccc(N(c3ccc(-c4ccccc4)cc3)c3ccc(-c4ccc5c(c4)c4c(n5-c5ccccc5)-c5ccccc5C4(C)C)cc3)cc21.CC1(C)c2ccccc2-c2ccc(N(c3ccccc3)c3ccc(-c4ccc5c(c4)c4c(n5-c5ccccc5)-c5ccccc5C4(C)C)cc3)cc21. The molecule has 528 valence electrons. The Kier molecular flexibility index (Phi) is 15.3. The highest BCUT2D eigenvalue weighted by Gasteiger charge is 2.43. The van der Waals surface area contributed by atoms with E-state index in [1.165, 1.54) is 162 Å². The minimum absolute atomic E-state index is 0.0671. The first-order valence-corrected chi connectivity index (χ1v) is 38.8. The third-order valence-electron chi connectivity index (χ3n) is 24.7. The molecular weight excluding hydrogens is 1330 g/mol. The Bertz CT molecular complexity index is 6470. The van der Waals surface area contributed by atoms with Crippen LogP contribution in [0.3, 0.4) is 0 Å². The quantitative estimate of drug-likeness (QED) is 0.128. The topological polar surface area (TPSA) is 16.3 Å². The van der Waals surface area contributed by atoms with E-state index in [0.29, 0.717) is 0 Å². The van der Waals surface area contributed by atoms with E-state index < -0.39 is 0 Å². The van der Waals surface area contributed by atoms with E-state index in [1.807, 2.05) is 0 Å². The average molecular weight is 1410 g/mol. The van der Waals surface area contributed by atoms with Gasteiger partial charge in [0.25, 0.3) is 0 Å². The van der Waals surface area contributed by atoms with E-state index in [2.05, 4.69) is 438 Å². The molecular formula is C106H84N4. The fourth-order valence-corrected chi connectivity index (χ4v) is 19.3. The molecule has 4 nitrogen and oxygen atoms in total. The Morgan fingerprint density at radius 3 is 0.855 bits per heavy atom. The van der Waals surface area contributed by atoms with Crippen LogP contribution in [0.5, 0.6) is 0 Å². The molecule has 0 bridgehead atoms. The number of rotatable bonds is 11. The summed E-state index contributed by atoms with van der Waals surface area (Å²) < 4.78 is 4.95. The molecule has 0 spiro atoms. The first-order valence-electron chi connectivity index (χ1n) is 38.8. The highest BCUT2D eigenvalue weighted by molar-refractivity contribution is 6.03. The summed E-state index contributed by atoms with van der Waals surface area (Å²) in [5.41, 5.74) is 40.3. The minimum atomic E-state index is -0.130. The number of nitrogens with zero attached hydrogens (tertiary/aromatic N) is 4. The maximum Gasteiger partial charge on any atom is 0.0584 e. The molecule has 15 aromatic carbocycles. The van der Waals surface area contributed by atoms with Gasteiger partial charge in [-0.1, -0.05) is 298 Å². The molecule has 0 unspecified atom stereocenters. The Labute approximate surface area is 645 Å². The normalized spacial score (nSPS) is 14.3. The van der Waals surface area contributed by atoms with Crippen molar-refractivity contribution in [2.45, 2.75) is 77.0 Å². The Balaban J connectivity index is 0.000000145. The molecule has 0 amide bonds. The molecule has 2 heterocycles.